The van der Waals surface area contributed by atoms with Crippen molar-refractivity contribution in [1.82, 2.24) is 5.32 Å². The Morgan fingerprint density at radius 2 is 1.86 bits per heavy atom. The molecule has 0 radical (unpaired) electrons. The van der Waals surface area contributed by atoms with Crippen molar-refractivity contribution >= 4 is 23.4 Å². The lowest BCUT2D eigenvalue weighted by atomic mass is 10.1. The minimum Gasteiger partial charge on any atom is -0.365 e. The molecule has 3 nitrogen and oxygen atoms in total. The quantitative estimate of drug-likeness (QED) is 0.613. The van der Waals surface area contributed by atoms with Crippen LogP contribution in [0.3, 0.4) is 0 Å². The van der Waals surface area contributed by atoms with E-state index in [1.54, 1.807) is 11.8 Å². The van der Waals surface area contributed by atoms with Gasteiger partial charge in [-0.3, -0.25) is 4.79 Å². The number of nitrogens with zero attached hydrogens (tertiary/aromatic N) is 1. The highest BCUT2D eigenvalue weighted by Crippen LogP contribution is 2.36. The lowest BCUT2D eigenvalue weighted by Gasteiger charge is -2.31. The van der Waals surface area contributed by atoms with Crippen molar-refractivity contribution in [3.05, 3.63) is 95.3 Å². The third-order valence-corrected chi connectivity index (χ3v) is 6.16. The minimum absolute atomic E-state index is 0.0653. The van der Waals surface area contributed by atoms with Crippen molar-refractivity contribution < 1.29 is 9.18 Å². The molecule has 148 valence electrons. The van der Waals surface area contributed by atoms with Crippen LogP contribution in [-0.2, 0) is 6.54 Å². The molecular formula is C24H23FN2OS. The monoisotopic (exact) mass is 406 g/mol. The van der Waals surface area contributed by atoms with Gasteiger partial charge in [-0.2, -0.15) is 0 Å². The number of fused-ring (bicyclic) bond motifs is 1. The van der Waals surface area contributed by atoms with Crippen molar-refractivity contribution in [3.8, 4) is 0 Å². The van der Waals surface area contributed by atoms with E-state index in [0.29, 0.717) is 12.1 Å². The molecule has 1 N–H and O–H groups in total. The zero-order valence-electron chi connectivity index (χ0n) is 16.3. The molecule has 29 heavy (non-hydrogen) atoms. The van der Waals surface area contributed by atoms with Gasteiger partial charge in [-0.15, -0.1) is 11.8 Å². The second-order valence-electron chi connectivity index (χ2n) is 7.18. The number of anilines is 1. The average molecular weight is 407 g/mol. The zero-order chi connectivity index (χ0) is 20.2. The molecule has 0 spiro atoms. The van der Waals surface area contributed by atoms with E-state index in [4.69, 9.17) is 0 Å². The van der Waals surface area contributed by atoms with Crippen molar-refractivity contribution in [2.45, 2.75) is 24.4 Å². The Bertz CT molecular complexity index is 992. The standard InChI is InChI=1S/C24H23FN2OS/c1-17(19-5-3-2-4-6-19)26-24(28)20-9-12-23-22(15-20)27(13-14-29-23)16-18-7-10-21(25)11-8-18/h2-12,15,17H,13-14,16H2,1H3,(H,26,28)/t17-/m1/s1. The first-order chi connectivity index (χ1) is 14.1. The molecule has 1 atom stereocenters. The predicted molar refractivity (Wildman–Crippen MR) is 117 cm³/mol. The van der Waals surface area contributed by atoms with Gasteiger partial charge in [-0.05, 0) is 48.4 Å². The van der Waals surface area contributed by atoms with Crippen LogP contribution in [0.2, 0.25) is 0 Å². The van der Waals surface area contributed by atoms with Gasteiger partial charge in [-0.1, -0.05) is 42.5 Å². The Morgan fingerprint density at radius 3 is 2.62 bits per heavy atom. The van der Waals surface area contributed by atoms with Gasteiger partial charge < -0.3 is 10.2 Å². The van der Waals surface area contributed by atoms with E-state index in [-0.39, 0.29) is 17.8 Å². The highest BCUT2D eigenvalue weighted by Gasteiger charge is 2.20. The number of halogens is 1. The number of nitrogens with one attached hydrogen (secondary N) is 1. The number of rotatable bonds is 5. The van der Waals surface area contributed by atoms with Crippen molar-refractivity contribution in [2.75, 3.05) is 17.2 Å². The molecule has 3 aromatic carbocycles. The van der Waals surface area contributed by atoms with Crippen LogP contribution in [0.5, 0.6) is 0 Å². The van der Waals surface area contributed by atoms with Crippen molar-refractivity contribution in [3.63, 3.8) is 0 Å². The van der Waals surface area contributed by atoms with Gasteiger partial charge in [0.1, 0.15) is 5.82 Å². The van der Waals surface area contributed by atoms with E-state index >= 15 is 0 Å². The molecule has 1 aliphatic rings. The summed E-state index contributed by atoms with van der Waals surface area (Å²) in [6.45, 7) is 3.57. The maximum Gasteiger partial charge on any atom is 0.251 e. The van der Waals surface area contributed by atoms with Gasteiger partial charge in [0.05, 0.1) is 11.7 Å². The summed E-state index contributed by atoms with van der Waals surface area (Å²) in [4.78, 5) is 16.3. The fourth-order valence-corrected chi connectivity index (χ4v) is 4.53. The summed E-state index contributed by atoms with van der Waals surface area (Å²) in [7, 11) is 0. The number of hydrogen-bond acceptors (Lipinski definition) is 3. The van der Waals surface area contributed by atoms with E-state index < -0.39 is 0 Å². The number of hydrogen-bond donors (Lipinski definition) is 1. The first kappa shape index (κ1) is 19.5. The molecule has 0 fully saturated rings. The van der Waals surface area contributed by atoms with E-state index in [2.05, 4.69) is 10.2 Å². The average Bonchev–Trinajstić information content (AvgIpc) is 2.76. The summed E-state index contributed by atoms with van der Waals surface area (Å²) in [5.41, 5.74) is 3.84. The number of benzene rings is 3. The van der Waals surface area contributed by atoms with Crippen LogP contribution in [0.1, 0.15) is 34.5 Å². The molecule has 5 heteroatoms. The van der Waals surface area contributed by atoms with Crippen LogP contribution in [-0.4, -0.2) is 18.2 Å². The van der Waals surface area contributed by atoms with Crippen LogP contribution in [0.15, 0.2) is 77.7 Å². The largest absolute Gasteiger partial charge is 0.365 e. The number of carbonyl (C=O) groups excluding carboxylic acids is 1. The second kappa shape index (κ2) is 8.70. The first-order valence-electron chi connectivity index (χ1n) is 9.72. The normalized spacial score (nSPS) is 14.2. The molecular weight excluding hydrogens is 383 g/mol. The molecule has 0 saturated heterocycles. The summed E-state index contributed by atoms with van der Waals surface area (Å²) < 4.78 is 13.2. The van der Waals surface area contributed by atoms with Gasteiger partial charge in [0.15, 0.2) is 0 Å². The summed E-state index contributed by atoms with van der Waals surface area (Å²) in [5.74, 6) is 0.682. The van der Waals surface area contributed by atoms with E-state index in [0.717, 1.165) is 29.1 Å². The van der Waals surface area contributed by atoms with E-state index in [1.807, 2.05) is 67.6 Å². The number of amides is 1. The fourth-order valence-electron chi connectivity index (χ4n) is 3.49. The van der Waals surface area contributed by atoms with Crippen LogP contribution < -0.4 is 10.2 Å². The summed E-state index contributed by atoms with van der Waals surface area (Å²) >= 11 is 1.80. The molecule has 0 unspecified atom stereocenters. The molecule has 0 aromatic heterocycles. The van der Waals surface area contributed by atoms with Gasteiger partial charge >= 0.3 is 0 Å². The maximum atomic E-state index is 13.2. The third-order valence-electron chi connectivity index (χ3n) is 5.11. The smallest absolute Gasteiger partial charge is 0.251 e. The molecule has 1 aliphatic heterocycles. The highest BCUT2D eigenvalue weighted by atomic mass is 32.2. The Balaban J connectivity index is 1.53. The van der Waals surface area contributed by atoms with Gasteiger partial charge in [-0.25, -0.2) is 4.39 Å². The minimum atomic E-state index is -0.227. The van der Waals surface area contributed by atoms with E-state index in [9.17, 15) is 9.18 Å². The molecule has 0 aliphatic carbocycles. The highest BCUT2D eigenvalue weighted by molar-refractivity contribution is 7.99. The van der Waals surface area contributed by atoms with Gasteiger partial charge in [0, 0.05) is 29.3 Å². The van der Waals surface area contributed by atoms with Crippen molar-refractivity contribution in [1.29, 1.82) is 0 Å². The lowest BCUT2D eigenvalue weighted by Crippen LogP contribution is -2.30. The van der Waals surface area contributed by atoms with Gasteiger partial charge in [0.25, 0.3) is 5.91 Å². The van der Waals surface area contributed by atoms with Gasteiger partial charge in [0.2, 0.25) is 0 Å². The molecule has 1 heterocycles. The van der Waals surface area contributed by atoms with Crippen LogP contribution in [0, 0.1) is 5.82 Å². The third kappa shape index (κ3) is 4.62. The van der Waals surface area contributed by atoms with Crippen molar-refractivity contribution in [2.24, 2.45) is 0 Å². The zero-order valence-corrected chi connectivity index (χ0v) is 17.1. The van der Waals surface area contributed by atoms with Crippen LogP contribution >= 0.6 is 11.8 Å². The Morgan fingerprint density at radius 1 is 1.10 bits per heavy atom. The van der Waals surface area contributed by atoms with Crippen LogP contribution in [0.4, 0.5) is 10.1 Å². The number of thioether (sulfide) groups is 1. The molecule has 0 saturated carbocycles. The lowest BCUT2D eigenvalue weighted by molar-refractivity contribution is 0.0940. The summed E-state index contributed by atoms with van der Waals surface area (Å²) in [6.07, 6.45) is 0. The topological polar surface area (TPSA) is 32.3 Å². The molecule has 4 rings (SSSR count). The van der Waals surface area contributed by atoms with E-state index in [1.165, 1.54) is 17.0 Å². The molecule has 0 bridgehead atoms. The summed E-state index contributed by atoms with van der Waals surface area (Å²) in [6, 6.07) is 22.4. The molecule has 3 aromatic rings. The fraction of sp³-hybridized carbons (Fsp3) is 0.208. The Kier molecular flexibility index (Phi) is 5.86. The first-order valence-corrected chi connectivity index (χ1v) is 10.7. The summed E-state index contributed by atoms with van der Waals surface area (Å²) in [5, 5.41) is 3.08. The Hall–Kier alpha value is -2.79. The predicted octanol–water partition coefficient (Wildman–Crippen LogP) is 5.43. The Labute approximate surface area is 174 Å². The maximum absolute atomic E-state index is 13.2. The second-order valence-corrected chi connectivity index (χ2v) is 8.32. The molecule has 1 amide bonds. The van der Waals surface area contributed by atoms with Crippen LogP contribution in [0.25, 0.3) is 0 Å². The number of carbonyl (C=O) groups is 1. The SMILES string of the molecule is C[C@@H](NC(=O)c1ccc2c(c1)N(Cc1ccc(F)cc1)CCS2)c1ccccc1.